The number of hydroxylamine groups is 1. The van der Waals surface area contributed by atoms with E-state index in [1.165, 1.54) is 10.4 Å². The first-order valence-corrected chi connectivity index (χ1v) is 13.5. The van der Waals surface area contributed by atoms with E-state index in [1.54, 1.807) is 11.3 Å². The number of benzene rings is 3. The number of anilines is 1. The molecule has 0 radical (unpaired) electrons. The molecule has 0 saturated carbocycles. The lowest BCUT2D eigenvalue weighted by Gasteiger charge is -2.43. The molecule has 0 amide bonds. The van der Waals surface area contributed by atoms with Gasteiger partial charge in [-0.05, 0) is 41.6 Å². The molecule has 0 bridgehead atoms. The Labute approximate surface area is 216 Å². The van der Waals surface area contributed by atoms with Crippen molar-refractivity contribution in [3.8, 4) is 0 Å². The first kappa shape index (κ1) is 23.2. The number of hydrogen-bond acceptors (Lipinski definition) is 5. The average Bonchev–Trinajstić information content (AvgIpc) is 3.58. The van der Waals surface area contributed by atoms with Gasteiger partial charge in [0.2, 0.25) is 0 Å². The van der Waals surface area contributed by atoms with Crippen molar-refractivity contribution in [1.82, 2.24) is 4.90 Å². The number of carbonyl (C=O) groups excluding carboxylic acids is 1. The molecule has 5 heteroatoms. The molecule has 182 valence electrons. The quantitative estimate of drug-likeness (QED) is 0.305. The van der Waals surface area contributed by atoms with E-state index in [2.05, 4.69) is 90.0 Å². The molecule has 3 heterocycles. The molecule has 0 N–H and O–H groups in total. The third kappa shape index (κ3) is 3.97. The Balaban J connectivity index is 1.48. The normalized spacial score (nSPS) is 25.4. The lowest BCUT2D eigenvalue weighted by molar-refractivity contribution is -0.151. The van der Waals surface area contributed by atoms with Gasteiger partial charge in [-0.25, -0.2) is 5.06 Å². The van der Waals surface area contributed by atoms with E-state index >= 15 is 0 Å². The van der Waals surface area contributed by atoms with Gasteiger partial charge in [0.25, 0.3) is 0 Å². The van der Waals surface area contributed by atoms with Crippen molar-refractivity contribution >= 4 is 22.8 Å². The Bertz CT molecular complexity index is 1300. The third-order valence-corrected chi connectivity index (χ3v) is 8.65. The number of Topliss-reactive ketones (excluding diaryl/α,β-unsaturated/α-hetero) is 1. The minimum Gasteiger partial charge on any atom is -0.296 e. The Morgan fingerprint density at radius 3 is 2.22 bits per heavy atom. The van der Waals surface area contributed by atoms with Gasteiger partial charge >= 0.3 is 0 Å². The maximum atomic E-state index is 14.0. The van der Waals surface area contributed by atoms with E-state index in [4.69, 9.17) is 4.84 Å². The van der Waals surface area contributed by atoms with Gasteiger partial charge in [0, 0.05) is 30.4 Å². The van der Waals surface area contributed by atoms with Crippen LogP contribution in [0.15, 0.2) is 109 Å². The maximum Gasteiger partial charge on any atom is 0.176 e. The molecule has 4 atom stereocenters. The van der Waals surface area contributed by atoms with Crippen molar-refractivity contribution < 1.29 is 9.63 Å². The number of likely N-dealkylation sites (tertiary alicyclic amines) is 1. The summed E-state index contributed by atoms with van der Waals surface area (Å²) in [5.41, 5.74) is 2.40. The van der Waals surface area contributed by atoms with Crippen LogP contribution in [0.4, 0.5) is 5.69 Å². The van der Waals surface area contributed by atoms with Crippen LogP contribution in [0.25, 0.3) is 0 Å². The minimum absolute atomic E-state index is 0.122. The fourth-order valence-electron chi connectivity index (χ4n) is 5.85. The molecule has 0 aliphatic carbocycles. The molecule has 1 aromatic heterocycles. The first-order valence-electron chi connectivity index (χ1n) is 12.6. The topological polar surface area (TPSA) is 32.8 Å². The lowest BCUT2D eigenvalue weighted by Crippen LogP contribution is -2.57. The van der Waals surface area contributed by atoms with E-state index in [0.717, 1.165) is 17.8 Å². The van der Waals surface area contributed by atoms with Crippen LogP contribution in [0.2, 0.25) is 0 Å². The van der Waals surface area contributed by atoms with Crippen LogP contribution in [0.1, 0.15) is 47.4 Å². The molecule has 2 fully saturated rings. The number of thiophene rings is 1. The number of hydrogen-bond donors (Lipinski definition) is 0. The molecule has 36 heavy (non-hydrogen) atoms. The zero-order valence-electron chi connectivity index (χ0n) is 20.4. The lowest BCUT2D eigenvalue weighted by atomic mass is 9.74. The highest BCUT2D eigenvalue weighted by Crippen LogP contribution is 2.56. The van der Waals surface area contributed by atoms with Crippen LogP contribution in [0.5, 0.6) is 0 Å². The predicted molar refractivity (Wildman–Crippen MR) is 145 cm³/mol. The van der Waals surface area contributed by atoms with Crippen molar-refractivity contribution in [3.05, 3.63) is 125 Å². The van der Waals surface area contributed by atoms with Gasteiger partial charge in [0.1, 0.15) is 0 Å². The van der Waals surface area contributed by atoms with Crippen LogP contribution < -0.4 is 5.06 Å². The standard InChI is InChI=1S/C31H30N2O2S/c1-23(24-12-5-2-6-13-24)32-20-19-28(34)31(22-32)29(27-18-11-21-36-27)30(25-14-7-3-8-15-25)33(35-31)26-16-9-4-10-17-26/h2-18,21,23,29-30H,19-20,22H2,1H3/t23-,29?,30+,31+/m1/s1. The number of para-hydroxylation sites is 1. The Hall–Kier alpha value is -3.25. The number of nitrogens with zero attached hydrogens (tertiary/aromatic N) is 2. The summed E-state index contributed by atoms with van der Waals surface area (Å²) < 4.78 is 0. The van der Waals surface area contributed by atoms with Crippen LogP contribution in [-0.2, 0) is 9.63 Å². The summed E-state index contributed by atoms with van der Waals surface area (Å²) in [6.07, 6.45) is 0.475. The van der Waals surface area contributed by atoms with Gasteiger partial charge in [-0.3, -0.25) is 14.5 Å². The number of ketones is 1. The number of piperidine rings is 1. The smallest absolute Gasteiger partial charge is 0.176 e. The molecule has 2 aliphatic rings. The summed E-state index contributed by atoms with van der Waals surface area (Å²) in [7, 11) is 0. The number of rotatable bonds is 5. The molecular formula is C31H30N2O2S. The van der Waals surface area contributed by atoms with Gasteiger partial charge in [-0.1, -0.05) is 84.9 Å². The molecule has 2 aliphatic heterocycles. The summed E-state index contributed by atoms with van der Waals surface area (Å²) >= 11 is 1.71. The van der Waals surface area contributed by atoms with Crippen molar-refractivity contribution in [2.24, 2.45) is 0 Å². The average molecular weight is 495 g/mol. The molecule has 6 rings (SSSR count). The van der Waals surface area contributed by atoms with E-state index in [-0.39, 0.29) is 23.8 Å². The van der Waals surface area contributed by atoms with Gasteiger partial charge in [0.15, 0.2) is 11.4 Å². The van der Waals surface area contributed by atoms with Gasteiger partial charge in [-0.15, -0.1) is 11.3 Å². The monoisotopic (exact) mass is 494 g/mol. The Morgan fingerprint density at radius 2 is 1.56 bits per heavy atom. The molecule has 4 nitrogen and oxygen atoms in total. The van der Waals surface area contributed by atoms with E-state index in [9.17, 15) is 4.79 Å². The first-order chi connectivity index (χ1) is 17.7. The van der Waals surface area contributed by atoms with E-state index in [0.29, 0.717) is 13.0 Å². The van der Waals surface area contributed by atoms with E-state index < -0.39 is 5.60 Å². The van der Waals surface area contributed by atoms with Crippen LogP contribution in [-0.4, -0.2) is 29.4 Å². The van der Waals surface area contributed by atoms with E-state index in [1.807, 2.05) is 35.4 Å². The van der Waals surface area contributed by atoms with Gasteiger partial charge in [0.05, 0.1) is 17.6 Å². The second-order valence-electron chi connectivity index (χ2n) is 9.72. The van der Waals surface area contributed by atoms with Crippen molar-refractivity contribution in [2.75, 3.05) is 18.2 Å². The second-order valence-corrected chi connectivity index (χ2v) is 10.7. The molecule has 4 aromatic rings. The fraction of sp³-hybridized carbons (Fsp3) is 0.258. The molecule has 1 spiro atoms. The van der Waals surface area contributed by atoms with Crippen LogP contribution >= 0.6 is 11.3 Å². The fourth-order valence-corrected chi connectivity index (χ4v) is 6.79. The molecule has 1 unspecified atom stereocenters. The molecule has 2 saturated heterocycles. The largest absolute Gasteiger partial charge is 0.296 e. The summed E-state index contributed by atoms with van der Waals surface area (Å²) in [5.74, 6) is 0.0650. The van der Waals surface area contributed by atoms with Gasteiger partial charge in [-0.2, -0.15) is 0 Å². The Morgan fingerprint density at radius 1 is 0.889 bits per heavy atom. The summed E-state index contributed by atoms with van der Waals surface area (Å²) in [5, 5.41) is 4.11. The highest BCUT2D eigenvalue weighted by molar-refractivity contribution is 7.10. The SMILES string of the molecule is C[C@H](c1ccccc1)N1CCC(=O)[C@]2(C1)ON(c1ccccc1)[C@@H](c1ccccc1)C2c1cccs1. The zero-order valence-corrected chi connectivity index (χ0v) is 21.2. The van der Waals surface area contributed by atoms with Crippen molar-refractivity contribution in [1.29, 1.82) is 0 Å². The summed E-state index contributed by atoms with van der Waals surface area (Å²) in [4.78, 5) is 24.6. The number of carbonyl (C=O) groups is 1. The Kier molecular flexibility index (Phi) is 6.22. The van der Waals surface area contributed by atoms with Crippen molar-refractivity contribution in [3.63, 3.8) is 0 Å². The third-order valence-electron chi connectivity index (χ3n) is 7.70. The summed E-state index contributed by atoms with van der Waals surface area (Å²) in [6.45, 7) is 3.52. The highest BCUT2D eigenvalue weighted by atomic mass is 32.1. The maximum absolute atomic E-state index is 14.0. The van der Waals surface area contributed by atoms with Gasteiger partial charge < -0.3 is 0 Å². The molecule has 3 aromatic carbocycles. The van der Waals surface area contributed by atoms with Crippen LogP contribution in [0.3, 0.4) is 0 Å². The highest BCUT2D eigenvalue weighted by Gasteiger charge is 2.62. The molecular weight excluding hydrogens is 464 g/mol. The second kappa shape index (κ2) is 9.66. The minimum atomic E-state index is -0.970. The predicted octanol–water partition coefficient (Wildman–Crippen LogP) is 6.80. The summed E-state index contributed by atoms with van der Waals surface area (Å²) in [6, 6.07) is 35.6. The zero-order chi connectivity index (χ0) is 24.5. The van der Waals surface area contributed by atoms with Crippen molar-refractivity contribution in [2.45, 2.75) is 36.9 Å². The van der Waals surface area contributed by atoms with Crippen LogP contribution in [0, 0.1) is 0 Å².